The minimum Gasteiger partial charge on any atom is -0.318 e. The number of rotatable bonds is 5. The van der Waals surface area contributed by atoms with Gasteiger partial charge in [-0.1, -0.05) is 6.42 Å². The highest BCUT2D eigenvalue weighted by Gasteiger charge is 2.32. The number of nitrogens with zero attached hydrogens (tertiary/aromatic N) is 3. The second-order valence-electron chi connectivity index (χ2n) is 5.29. The number of carbonyl (C=O) groups is 2. The van der Waals surface area contributed by atoms with Gasteiger partial charge in [0.15, 0.2) is 0 Å². The predicted octanol–water partition coefficient (Wildman–Crippen LogP) is 1.15. The first-order valence-corrected chi connectivity index (χ1v) is 6.96. The summed E-state index contributed by atoms with van der Waals surface area (Å²) in [6, 6.07) is -0.141. The second-order valence-corrected chi connectivity index (χ2v) is 5.29. The molecular weight excluding hydrogens is 230 g/mol. The van der Waals surface area contributed by atoms with Crippen LogP contribution in [0.5, 0.6) is 0 Å². The molecule has 5 heteroatoms. The van der Waals surface area contributed by atoms with Gasteiger partial charge in [0.1, 0.15) is 6.54 Å². The van der Waals surface area contributed by atoms with Crippen LogP contribution >= 0.6 is 0 Å². The Labute approximate surface area is 109 Å². The lowest BCUT2D eigenvalue weighted by atomic mass is 10.1. The van der Waals surface area contributed by atoms with Gasteiger partial charge in [-0.15, -0.1) is 0 Å². The predicted molar refractivity (Wildman–Crippen MR) is 69.3 cm³/mol. The number of likely N-dealkylation sites (tertiary alicyclic amines) is 1. The fraction of sp³-hybridized carbons (Fsp3) is 0.846. The molecule has 0 bridgehead atoms. The first-order chi connectivity index (χ1) is 8.68. The van der Waals surface area contributed by atoms with Gasteiger partial charge in [0, 0.05) is 13.6 Å². The molecule has 3 amide bonds. The van der Waals surface area contributed by atoms with E-state index in [-0.39, 0.29) is 18.5 Å². The van der Waals surface area contributed by atoms with Crippen LogP contribution in [0.4, 0.5) is 4.79 Å². The van der Waals surface area contributed by atoms with E-state index in [1.807, 2.05) is 0 Å². The fourth-order valence-electron chi connectivity index (χ4n) is 2.68. The highest BCUT2D eigenvalue weighted by molar-refractivity contribution is 6.01. The molecule has 0 atom stereocenters. The van der Waals surface area contributed by atoms with E-state index in [1.54, 1.807) is 7.05 Å². The van der Waals surface area contributed by atoms with Crippen molar-refractivity contribution < 1.29 is 9.59 Å². The Bertz CT molecular complexity index is 313. The Kier molecular flexibility index (Phi) is 4.58. The lowest BCUT2D eigenvalue weighted by molar-refractivity contribution is -0.125. The molecule has 2 aliphatic heterocycles. The Morgan fingerprint density at radius 1 is 1.00 bits per heavy atom. The van der Waals surface area contributed by atoms with Crippen LogP contribution < -0.4 is 0 Å². The van der Waals surface area contributed by atoms with Crippen molar-refractivity contribution in [3.63, 3.8) is 0 Å². The molecule has 0 aliphatic carbocycles. The van der Waals surface area contributed by atoms with Gasteiger partial charge in [0.25, 0.3) is 0 Å². The molecule has 2 aliphatic rings. The highest BCUT2D eigenvalue weighted by Crippen LogP contribution is 2.11. The molecule has 0 saturated carbocycles. The van der Waals surface area contributed by atoms with Crippen molar-refractivity contribution in [2.45, 2.75) is 32.1 Å². The molecule has 2 heterocycles. The summed E-state index contributed by atoms with van der Waals surface area (Å²) in [7, 11) is 1.67. The van der Waals surface area contributed by atoms with Crippen LogP contribution in [0.1, 0.15) is 32.1 Å². The van der Waals surface area contributed by atoms with E-state index in [4.69, 9.17) is 0 Å². The minimum atomic E-state index is -0.141. The van der Waals surface area contributed by atoms with Gasteiger partial charge in [-0.25, -0.2) is 4.79 Å². The molecule has 0 unspecified atom stereocenters. The quantitative estimate of drug-likeness (QED) is 0.545. The van der Waals surface area contributed by atoms with Crippen LogP contribution in [0, 0.1) is 0 Å². The molecule has 2 rings (SSSR count). The topological polar surface area (TPSA) is 43.9 Å². The van der Waals surface area contributed by atoms with E-state index in [0.717, 1.165) is 19.4 Å². The first-order valence-electron chi connectivity index (χ1n) is 6.96. The third kappa shape index (κ3) is 3.22. The SMILES string of the molecule is CN1CC(=O)N(CCCCN2CCCCC2)C1=O. The highest BCUT2D eigenvalue weighted by atomic mass is 16.2. The van der Waals surface area contributed by atoms with E-state index in [0.29, 0.717) is 6.54 Å². The average Bonchev–Trinajstić information content (AvgIpc) is 2.61. The van der Waals surface area contributed by atoms with Crippen molar-refractivity contribution >= 4 is 11.9 Å². The van der Waals surface area contributed by atoms with Crippen molar-refractivity contribution in [2.75, 3.05) is 39.8 Å². The Balaban J connectivity index is 1.63. The van der Waals surface area contributed by atoms with Gasteiger partial charge in [-0.2, -0.15) is 0 Å². The number of piperidine rings is 1. The van der Waals surface area contributed by atoms with Gasteiger partial charge in [-0.3, -0.25) is 9.69 Å². The number of hydrogen-bond acceptors (Lipinski definition) is 3. The van der Waals surface area contributed by atoms with Crippen molar-refractivity contribution in [2.24, 2.45) is 0 Å². The molecule has 0 spiro atoms. The summed E-state index contributed by atoms with van der Waals surface area (Å²) >= 11 is 0. The number of unbranched alkanes of at least 4 members (excludes halogenated alkanes) is 1. The Hall–Kier alpha value is -1.10. The monoisotopic (exact) mass is 253 g/mol. The van der Waals surface area contributed by atoms with E-state index in [1.165, 1.54) is 42.2 Å². The molecule has 0 aromatic heterocycles. The van der Waals surface area contributed by atoms with E-state index in [9.17, 15) is 9.59 Å². The number of amides is 3. The van der Waals surface area contributed by atoms with Crippen LogP contribution in [0.2, 0.25) is 0 Å². The van der Waals surface area contributed by atoms with Crippen LogP contribution in [0.3, 0.4) is 0 Å². The van der Waals surface area contributed by atoms with Gasteiger partial charge < -0.3 is 9.80 Å². The van der Waals surface area contributed by atoms with E-state index in [2.05, 4.69) is 4.90 Å². The Morgan fingerprint density at radius 2 is 1.67 bits per heavy atom. The molecule has 0 aromatic rings. The molecule has 5 nitrogen and oxygen atoms in total. The van der Waals surface area contributed by atoms with Gasteiger partial charge in [0.2, 0.25) is 5.91 Å². The van der Waals surface area contributed by atoms with E-state index < -0.39 is 0 Å². The van der Waals surface area contributed by atoms with Crippen molar-refractivity contribution in [1.82, 2.24) is 14.7 Å². The van der Waals surface area contributed by atoms with E-state index >= 15 is 0 Å². The molecule has 2 fully saturated rings. The lowest BCUT2D eigenvalue weighted by Gasteiger charge is -2.26. The van der Waals surface area contributed by atoms with Gasteiger partial charge in [-0.05, 0) is 45.3 Å². The zero-order valence-corrected chi connectivity index (χ0v) is 11.2. The number of likely N-dealkylation sites (N-methyl/N-ethyl adjacent to an activating group) is 1. The van der Waals surface area contributed by atoms with Crippen molar-refractivity contribution in [3.05, 3.63) is 0 Å². The summed E-state index contributed by atoms with van der Waals surface area (Å²) in [6.45, 7) is 4.35. The number of imide groups is 1. The minimum absolute atomic E-state index is 0.0551. The molecule has 2 saturated heterocycles. The number of urea groups is 1. The van der Waals surface area contributed by atoms with Crippen LogP contribution in [-0.2, 0) is 4.79 Å². The van der Waals surface area contributed by atoms with Gasteiger partial charge >= 0.3 is 6.03 Å². The Morgan fingerprint density at radius 3 is 2.28 bits per heavy atom. The number of hydrogen-bond donors (Lipinski definition) is 0. The summed E-state index contributed by atoms with van der Waals surface area (Å²) in [5.41, 5.74) is 0. The third-order valence-corrected chi connectivity index (χ3v) is 3.79. The average molecular weight is 253 g/mol. The van der Waals surface area contributed by atoms with Crippen LogP contribution in [-0.4, -0.2) is 66.4 Å². The normalized spacial score (nSPS) is 22.1. The maximum atomic E-state index is 11.6. The zero-order chi connectivity index (χ0) is 13.0. The second kappa shape index (κ2) is 6.18. The summed E-state index contributed by atoms with van der Waals surface area (Å²) < 4.78 is 0. The molecule has 0 aromatic carbocycles. The maximum Gasteiger partial charge on any atom is 0.326 e. The largest absolute Gasteiger partial charge is 0.326 e. The van der Waals surface area contributed by atoms with Crippen molar-refractivity contribution in [1.29, 1.82) is 0 Å². The molecule has 0 N–H and O–H groups in total. The van der Waals surface area contributed by atoms with Crippen LogP contribution in [0.25, 0.3) is 0 Å². The summed E-state index contributed by atoms with van der Waals surface area (Å²) in [5, 5.41) is 0. The smallest absolute Gasteiger partial charge is 0.318 e. The van der Waals surface area contributed by atoms with Crippen LogP contribution in [0.15, 0.2) is 0 Å². The first kappa shape index (κ1) is 13.3. The van der Waals surface area contributed by atoms with Gasteiger partial charge in [0.05, 0.1) is 0 Å². The summed E-state index contributed by atoms with van der Waals surface area (Å²) in [6.07, 6.45) is 5.98. The third-order valence-electron chi connectivity index (χ3n) is 3.79. The summed E-state index contributed by atoms with van der Waals surface area (Å²) in [4.78, 5) is 28.5. The molecular formula is C13H23N3O2. The lowest BCUT2D eigenvalue weighted by Crippen LogP contribution is -2.34. The molecule has 18 heavy (non-hydrogen) atoms. The maximum absolute atomic E-state index is 11.6. The molecule has 0 radical (unpaired) electrons. The molecule has 102 valence electrons. The fourth-order valence-corrected chi connectivity index (χ4v) is 2.68. The summed E-state index contributed by atoms with van der Waals surface area (Å²) in [5.74, 6) is -0.0551. The zero-order valence-electron chi connectivity index (χ0n) is 11.2. The number of carbonyl (C=O) groups excluding carboxylic acids is 2. The standard InChI is InChI=1S/C13H23N3O2/c1-14-11-12(17)16(13(14)18)10-6-5-9-15-7-3-2-4-8-15/h2-11H2,1H3. The van der Waals surface area contributed by atoms with Crippen molar-refractivity contribution in [3.8, 4) is 0 Å².